The minimum atomic E-state index is -0.856. The van der Waals surface area contributed by atoms with Crippen molar-refractivity contribution in [1.29, 1.82) is 0 Å². The van der Waals surface area contributed by atoms with Crippen LogP contribution >= 0.6 is 0 Å². The first-order valence-corrected chi connectivity index (χ1v) is 6.67. The van der Waals surface area contributed by atoms with E-state index < -0.39 is 17.8 Å². The van der Waals surface area contributed by atoms with E-state index in [4.69, 9.17) is 0 Å². The van der Waals surface area contributed by atoms with Crippen molar-refractivity contribution in [2.75, 3.05) is 7.05 Å². The Morgan fingerprint density at radius 1 is 1.22 bits per heavy atom. The van der Waals surface area contributed by atoms with Crippen LogP contribution in [0.25, 0.3) is 0 Å². The van der Waals surface area contributed by atoms with Gasteiger partial charge in [0.15, 0.2) is 0 Å². The van der Waals surface area contributed by atoms with Crippen LogP contribution in [0.2, 0.25) is 0 Å². The maximum absolute atomic E-state index is 12.4. The lowest BCUT2D eigenvalue weighted by atomic mass is 9.82. The molecule has 1 amide bonds. The van der Waals surface area contributed by atoms with Crippen molar-refractivity contribution in [3.05, 3.63) is 12.2 Å². The zero-order chi connectivity index (χ0) is 13.3. The second kappa shape index (κ2) is 5.12. The molecule has 4 nitrogen and oxygen atoms in total. The lowest BCUT2D eigenvalue weighted by Gasteiger charge is -2.32. The molecule has 1 fully saturated rings. The molecule has 3 atom stereocenters. The Bertz CT molecular complexity index is 373. The lowest BCUT2D eigenvalue weighted by molar-refractivity contribution is -0.151. The number of rotatable bonds is 4. The molecule has 100 valence electrons. The fourth-order valence-electron chi connectivity index (χ4n) is 2.72. The number of carbonyl (C=O) groups is 2. The van der Waals surface area contributed by atoms with Gasteiger partial charge in [0.05, 0.1) is 11.8 Å². The smallest absolute Gasteiger partial charge is 0.307 e. The summed E-state index contributed by atoms with van der Waals surface area (Å²) in [4.78, 5) is 25.4. The predicted octanol–water partition coefficient (Wildman–Crippen LogP) is 1.91. The molecule has 18 heavy (non-hydrogen) atoms. The van der Waals surface area contributed by atoms with Crippen molar-refractivity contribution in [3.63, 3.8) is 0 Å². The van der Waals surface area contributed by atoms with E-state index in [9.17, 15) is 14.7 Å². The Hall–Kier alpha value is -1.32. The summed E-state index contributed by atoms with van der Waals surface area (Å²) in [7, 11) is 1.81. The number of carboxylic acids is 1. The largest absolute Gasteiger partial charge is 0.481 e. The van der Waals surface area contributed by atoms with Gasteiger partial charge >= 0.3 is 5.97 Å². The third kappa shape index (κ3) is 2.57. The van der Waals surface area contributed by atoms with E-state index in [1.165, 1.54) is 12.8 Å². The normalized spacial score (nSPS) is 28.8. The molecule has 2 rings (SSSR count). The molecule has 1 N–H and O–H groups in total. The highest BCUT2D eigenvalue weighted by atomic mass is 16.4. The second-order valence-electron chi connectivity index (χ2n) is 5.52. The highest BCUT2D eigenvalue weighted by Crippen LogP contribution is 2.36. The van der Waals surface area contributed by atoms with Gasteiger partial charge in [-0.2, -0.15) is 0 Å². The number of amides is 1. The van der Waals surface area contributed by atoms with E-state index in [0.717, 1.165) is 0 Å². The van der Waals surface area contributed by atoms with Crippen molar-refractivity contribution >= 4 is 11.9 Å². The molecule has 0 aliphatic heterocycles. The molecule has 0 spiro atoms. The van der Waals surface area contributed by atoms with Crippen LogP contribution in [-0.4, -0.2) is 35.0 Å². The van der Waals surface area contributed by atoms with Crippen LogP contribution in [0.15, 0.2) is 12.2 Å². The SMILES string of the molecule is CC(C1CC1)N(C)C(=O)[C@@H]1CC=CC[C@@H]1C(=O)O. The van der Waals surface area contributed by atoms with E-state index in [1.54, 1.807) is 4.90 Å². The molecule has 0 radical (unpaired) electrons. The maximum atomic E-state index is 12.4. The van der Waals surface area contributed by atoms with Gasteiger partial charge in [-0.25, -0.2) is 0 Å². The molecule has 0 aromatic rings. The molecular weight excluding hydrogens is 230 g/mol. The molecule has 0 bridgehead atoms. The number of hydrogen-bond acceptors (Lipinski definition) is 2. The molecule has 1 unspecified atom stereocenters. The van der Waals surface area contributed by atoms with Gasteiger partial charge in [0, 0.05) is 13.1 Å². The molecular formula is C14H21NO3. The summed E-state index contributed by atoms with van der Waals surface area (Å²) in [5.41, 5.74) is 0. The number of aliphatic carboxylic acids is 1. The summed E-state index contributed by atoms with van der Waals surface area (Å²) in [5, 5.41) is 9.19. The number of hydrogen-bond donors (Lipinski definition) is 1. The van der Waals surface area contributed by atoms with Gasteiger partial charge in [-0.3, -0.25) is 9.59 Å². The zero-order valence-corrected chi connectivity index (χ0v) is 11.0. The van der Waals surface area contributed by atoms with Gasteiger partial charge in [0.25, 0.3) is 0 Å². The van der Waals surface area contributed by atoms with Crippen LogP contribution in [0.5, 0.6) is 0 Å². The first-order chi connectivity index (χ1) is 8.52. The Kier molecular flexibility index (Phi) is 3.73. The average molecular weight is 251 g/mol. The molecule has 2 aliphatic rings. The number of carbonyl (C=O) groups excluding carboxylic acids is 1. The Morgan fingerprint density at radius 2 is 1.78 bits per heavy atom. The van der Waals surface area contributed by atoms with Crippen LogP contribution < -0.4 is 0 Å². The summed E-state index contributed by atoms with van der Waals surface area (Å²) in [6.45, 7) is 2.06. The second-order valence-corrected chi connectivity index (χ2v) is 5.52. The fraction of sp³-hybridized carbons (Fsp3) is 0.714. The quantitative estimate of drug-likeness (QED) is 0.776. The minimum absolute atomic E-state index is 0.00819. The van der Waals surface area contributed by atoms with E-state index in [1.807, 2.05) is 19.2 Å². The van der Waals surface area contributed by atoms with Gasteiger partial charge in [-0.05, 0) is 38.5 Å². The maximum Gasteiger partial charge on any atom is 0.307 e. The topological polar surface area (TPSA) is 57.6 Å². The van der Waals surface area contributed by atoms with Gasteiger partial charge in [-0.15, -0.1) is 0 Å². The van der Waals surface area contributed by atoms with Crippen molar-refractivity contribution < 1.29 is 14.7 Å². The van der Waals surface area contributed by atoms with Gasteiger partial charge in [-0.1, -0.05) is 12.2 Å². The predicted molar refractivity (Wildman–Crippen MR) is 67.9 cm³/mol. The molecule has 0 aromatic heterocycles. The van der Waals surface area contributed by atoms with Crippen molar-refractivity contribution in [2.45, 2.75) is 38.6 Å². The van der Waals surface area contributed by atoms with Gasteiger partial charge in [0.2, 0.25) is 5.91 Å². The fourth-order valence-corrected chi connectivity index (χ4v) is 2.72. The standard InChI is InChI=1S/C14H21NO3/c1-9(10-7-8-10)15(2)13(16)11-5-3-4-6-12(11)14(17)18/h3-4,9-12H,5-8H2,1-2H3,(H,17,18)/t9?,11-,12+/m1/s1. The number of allylic oxidation sites excluding steroid dienone is 2. The molecule has 0 aromatic carbocycles. The Labute approximate surface area is 108 Å². The summed E-state index contributed by atoms with van der Waals surface area (Å²) in [5.74, 6) is -1.20. The highest BCUT2D eigenvalue weighted by Gasteiger charge is 2.39. The van der Waals surface area contributed by atoms with Crippen molar-refractivity contribution in [2.24, 2.45) is 17.8 Å². The zero-order valence-electron chi connectivity index (χ0n) is 11.0. The molecule has 4 heteroatoms. The van der Waals surface area contributed by atoms with Gasteiger partial charge in [0.1, 0.15) is 0 Å². The van der Waals surface area contributed by atoms with Crippen LogP contribution in [-0.2, 0) is 9.59 Å². The number of nitrogens with zero attached hydrogens (tertiary/aromatic N) is 1. The summed E-state index contributed by atoms with van der Waals surface area (Å²) >= 11 is 0. The number of carboxylic acid groups (broad SMARTS) is 1. The first kappa shape index (κ1) is 13.1. The Balaban J connectivity index is 2.06. The lowest BCUT2D eigenvalue weighted by Crippen LogP contribution is -2.44. The van der Waals surface area contributed by atoms with Crippen LogP contribution in [0.3, 0.4) is 0 Å². The van der Waals surface area contributed by atoms with E-state index >= 15 is 0 Å². The summed E-state index contributed by atoms with van der Waals surface area (Å²) in [6, 6.07) is 0.234. The minimum Gasteiger partial charge on any atom is -0.481 e. The van der Waals surface area contributed by atoms with Crippen molar-refractivity contribution in [1.82, 2.24) is 4.90 Å². The molecule has 0 heterocycles. The summed E-state index contributed by atoms with van der Waals surface area (Å²) in [6.07, 6.45) is 7.19. The van der Waals surface area contributed by atoms with Crippen LogP contribution in [0, 0.1) is 17.8 Å². The highest BCUT2D eigenvalue weighted by molar-refractivity contribution is 5.85. The molecule has 2 aliphatic carbocycles. The molecule has 0 saturated heterocycles. The average Bonchev–Trinajstić information content (AvgIpc) is 3.20. The summed E-state index contributed by atoms with van der Waals surface area (Å²) < 4.78 is 0. The van der Waals surface area contributed by atoms with Crippen LogP contribution in [0.1, 0.15) is 32.6 Å². The third-order valence-corrected chi connectivity index (χ3v) is 4.33. The van der Waals surface area contributed by atoms with E-state index in [2.05, 4.69) is 6.92 Å². The van der Waals surface area contributed by atoms with Gasteiger partial charge < -0.3 is 10.0 Å². The Morgan fingerprint density at radius 3 is 2.28 bits per heavy atom. The van der Waals surface area contributed by atoms with Crippen molar-refractivity contribution in [3.8, 4) is 0 Å². The molecule has 1 saturated carbocycles. The van der Waals surface area contributed by atoms with E-state index in [0.29, 0.717) is 18.8 Å². The van der Waals surface area contributed by atoms with Crippen LogP contribution in [0.4, 0.5) is 0 Å². The monoisotopic (exact) mass is 251 g/mol. The van der Waals surface area contributed by atoms with E-state index in [-0.39, 0.29) is 11.9 Å². The third-order valence-electron chi connectivity index (χ3n) is 4.33. The first-order valence-electron chi connectivity index (χ1n) is 6.67.